The van der Waals surface area contributed by atoms with Gasteiger partial charge in [0.05, 0.1) is 12.3 Å². The lowest BCUT2D eigenvalue weighted by atomic mass is 10.1. The number of hydrogen-bond acceptors (Lipinski definition) is 4. The van der Waals surface area contributed by atoms with E-state index in [0.717, 1.165) is 0 Å². The summed E-state index contributed by atoms with van der Waals surface area (Å²) in [6, 6.07) is 7.68. The number of ether oxygens (including phenoxy) is 1. The van der Waals surface area contributed by atoms with Crippen LogP contribution in [0.25, 0.3) is 0 Å². The van der Waals surface area contributed by atoms with Gasteiger partial charge in [0.15, 0.2) is 6.10 Å². The minimum atomic E-state index is -0.971. The van der Waals surface area contributed by atoms with Gasteiger partial charge in [-0.1, -0.05) is 29.3 Å². The smallest absolute Gasteiger partial charge is 0.374 e. The lowest BCUT2D eigenvalue weighted by Crippen LogP contribution is -2.37. The van der Waals surface area contributed by atoms with Crippen molar-refractivity contribution in [3.05, 3.63) is 58.0 Å². The van der Waals surface area contributed by atoms with Crippen LogP contribution in [0.5, 0.6) is 0 Å². The largest absolute Gasteiger partial charge is 0.457 e. The van der Waals surface area contributed by atoms with Gasteiger partial charge in [0.25, 0.3) is 5.91 Å². The van der Waals surface area contributed by atoms with E-state index in [1.54, 1.807) is 31.2 Å². The van der Waals surface area contributed by atoms with E-state index in [-0.39, 0.29) is 11.8 Å². The van der Waals surface area contributed by atoms with E-state index >= 15 is 0 Å². The highest BCUT2D eigenvalue weighted by Crippen LogP contribution is 2.26. The van der Waals surface area contributed by atoms with Gasteiger partial charge in [0.1, 0.15) is 0 Å². The van der Waals surface area contributed by atoms with Gasteiger partial charge in [-0.3, -0.25) is 4.79 Å². The van der Waals surface area contributed by atoms with E-state index in [0.29, 0.717) is 15.6 Å². The van der Waals surface area contributed by atoms with E-state index in [9.17, 15) is 9.59 Å². The SMILES string of the molecule is C[C@@H](OC(=O)c1ccco1)C(=O)N[C@H](C)c1ccc(Cl)cc1Cl. The molecule has 1 aromatic heterocycles. The molecule has 2 atom stereocenters. The second kappa shape index (κ2) is 7.53. The van der Waals surface area contributed by atoms with Crippen LogP contribution in [0.3, 0.4) is 0 Å². The first-order chi connectivity index (χ1) is 10.9. The quantitative estimate of drug-likeness (QED) is 0.822. The third-order valence-corrected chi connectivity index (χ3v) is 3.73. The number of amides is 1. The molecule has 1 heterocycles. The number of nitrogens with one attached hydrogen (secondary N) is 1. The topological polar surface area (TPSA) is 68.5 Å². The van der Waals surface area contributed by atoms with Crippen molar-refractivity contribution in [3.63, 3.8) is 0 Å². The third-order valence-electron chi connectivity index (χ3n) is 3.16. The summed E-state index contributed by atoms with van der Waals surface area (Å²) in [7, 11) is 0. The van der Waals surface area contributed by atoms with Gasteiger partial charge in [-0.15, -0.1) is 0 Å². The Morgan fingerprint density at radius 1 is 1.22 bits per heavy atom. The molecule has 0 fully saturated rings. The van der Waals surface area contributed by atoms with E-state index < -0.39 is 18.0 Å². The van der Waals surface area contributed by atoms with Crippen LogP contribution in [0.15, 0.2) is 41.0 Å². The molecule has 0 unspecified atom stereocenters. The normalized spacial score (nSPS) is 13.2. The molecule has 5 nitrogen and oxygen atoms in total. The number of benzene rings is 1. The first-order valence-electron chi connectivity index (χ1n) is 6.88. The number of carbonyl (C=O) groups excluding carboxylic acids is 2. The average molecular weight is 356 g/mol. The average Bonchev–Trinajstić information content (AvgIpc) is 3.01. The molecule has 0 bridgehead atoms. The van der Waals surface area contributed by atoms with Crippen LogP contribution in [-0.2, 0) is 9.53 Å². The molecule has 23 heavy (non-hydrogen) atoms. The molecule has 0 aliphatic carbocycles. The Kier molecular flexibility index (Phi) is 5.69. The van der Waals surface area contributed by atoms with Gasteiger partial charge in [0, 0.05) is 10.0 Å². The second-order valence-corrected chi connectivity index (χ2v) is 5.76. The minimum absolute atomic E-state index is 0.0402. The number of rotatable bonds is 5. The molecule has 2 aromatic rings. The summed E-state index contributed by atoms with van der Waals surface area (Å²) in [5.74, 6) is -1.10. The highest BCUT2D eigenvalue weighted by molar-refractivity contribution is 6.35. The van der Waals surface area contributed by atoms with Crippen LogP contribution < -0.4 is 5.32 Å². The maximum Gasteiger partial charge on any atom is 0.374 e. The molecule has 0 aliphatic heterocycles. The second-order valence-electron chi connectivity index (χ2n) is 4.92. The van der Waals surface area contributed by atoms with Crippen molar-refractivity contribution in [1.82, 2.24) is 5.32 Å². The summed E-state index contributed by atoms with van der Waals surface area (Å²) in [6.07, 6.45) is 0.382. The molecule has 2 rings (SSSR count). The predicted molar refractivity (Wildman–Crippen MR) is 86.6 cm³/mol. The van der Waals surface area contributed by atoms with Crippen molar-refractivity contribution in [2.45, 2.75) is 26.0 Å². The van der Waals surface area contributed by atoms with Crippen molar-refractivity contribution in [1.29, 1.82) is 0 Å². The summed E-state index contributed by atoms with van der Waals surface area (Å²) in [5.41, 5.74) is 0.717. The number of carbonyl (C=O) groups is 2. The lowest BCUT2D eigenvalue weighted by Gasteiger charge is -2.19. The molecular weight excluding hydrogens is 341 g/mol. The monoisotopic (exact) mass is 355 g/mol. The predicted octanol–water partition coefficient (Wildman–Crippen LogP) is 4.01. The van der Waals surface area contributed by atoms with E-state index in [1.165, 1.54) is 19.3 Å². The highest BCUT2D eigenvalue weighted by atomic mass is 35.5. The number of furan rings is 1. The van der Waals surface area contributed by atoms with Crippen molar-refractivity contribution in [3.8, 4) is 0 Å². The summed E-state index contributed by atoms with van der Waals surface area (Å²) in [4.78, 5) is 23.9. The van der Waals surface area contributed by atoms with Crippen molar-refractivity contribution >= 4 is 35.1 Å². The number of hydrogen-bond donors (Lipinski definition) is 1. The molecule has 122 valence electrons. The van der Waals surface area contributed by atoms with Crippen molar-refractivity contribution in [2.24, 2.45) is 0 Å². The summed E-state index contributed by atoms with van der Waals surface area (Å²) < 4.78 is 9.96. The zero-order valence-corrected chi connectivity index (χ0v) is 14.0. The Balaban J connectivity index is 1.96. The molecule has 0 aliphatic rings. The zero-order valence-electron chi connectivity index (χ0n) is 12.5. The Morgan fingerprint density at radius 3 is 2.57 bits per heavy atom. The van der Waals surface area contributed by atoms with Gasteiger partial charge >= 0.3 is 5.97 Å². The fourth-order valence-corrected chi connectivity index (χ4v) is 2.50. The Labute approximate surface area is 143 Å². The Morgan fingerprint density at radius 2 is 1.96 bits per heavy atom. The van der Waals surface area contributed by atoms with E-state index in [2.05, 4.69) is 5.32 Å². The lowest BCUT2D eigenvalue weighted by molar-refractivity contribution is -0.129. The molecular formula is C16H15Cl2NO4. The van der Waals surface area contributed by atoms with Gasteiger partial charge in [-0.05, 0) is 43.7 Å². The highest BCUT2D eigenvalue weighted by Gasteiger charge is 2.22. The van der Waals surface area contributed by atoms with Gasteiger partial charge in [-0.25, -0.2) is 4.79 Å². The van der Waals surface area contributed by atoms with Crippen LogP contribution in [0.4, 0.5) is 0 Å². The van der Waals surface area contributed by atoms with Crippen molar-refractivity contribution in [2.75, 3.05) is 0 Å². The first kappa shape index (κ1) is 17.4. The van der Waals surface area contributed by atoms with Gasteiger partial charge in [-0.2, -0.15) is 0 Å². The minimum Gasteiger partial charge on any atom is -0.457 e. The molecule has 0 saturated heterocycles. The van der Waals surface area contributed by atoms with Crippen LogP contribution in [0, 0.1) is 0 Å². The molecule has 1 amide bonds. The van der Waals surface area contributed by atoms with Crippen LogP contribution in [0.1, 0.15) is 36.0 Å². The van der Waals surface area contributed by atoms with Gasteiger partial charge in [0.2, 0.25) is 5.76 Å². The zero-order chi connectivity index (χ0) is 17.0. The molecule has 7 heteroatoms. The van der Waals surface area contributed by atoms with Gasteiger partial charge < -0.3 is 14.5 Å². The third kappa shape index (κ3) is 4.50. The van der Waals surface area contributed by atoms with Crippen LogP contribution >= 0.6 is 23.2 Å². The van der Waals surface area contributed by atoms with Crippen LogP contribution in [0.2, 0.25) is 10.0 Å². The number of halogens is 2. The standard InChI is InChI=1S/C16H15Cl2NO4/c1-9(12-6-5-11(17)8-13(12)18)19-15(20)10(2)23-16(21)14-4-3-7-22-14/h3-10H,1-2H3,(H,19,20)/t9-,10-/m1/s1. The summed E-state index contributed by atoms with van der Waals surface area (Å²) >= 11 is 12.0. The fourth-order valence-electron chi connectivity index (χ4n) is 1.93. The summed E-state index contributed by atoms with van der Waals surface area (Å²) in [5, 5.41) is 3.69. The van der Waals surface area contributed by atoms with Crippen molar-refractivity contribution < 1.29 is 18.7 Å². The summed E-state index contributed by atoms with van der Waals surface area (Å²) in [6.45, 7) is 3.25. The Hall–Kier alpha value is -1.98. The molecule has 1 aromatic carbocycles. The van der Waals surface area contributed by atoms with Crippen LogP contribution in [-0.4, -0.2) is 18.0 Å². The maximum atomic E-state index is 12.1. The first-order valence-corrected chi connectivity index (χ1v) is 7.64. The van der Waals surface area contributed by atoms with E-state index in [1.807, 2.05) is 0 Å². The molecule has 0 radical (unpaired) electrons. The maximum absolute atomic E-state index is 12.1. The Bertz CT molecular complexity index is 700. The molecule has 1 N–H and O–H groups in total. The fraction of sp³-hybridized carbons (Fsp3) is 0.250. The van der Waals surface area contributed by atoms with E-state index in [4.69, 9.17) is 32.4 Å². The number of esters is 1. The molecule has 0 spiro atoms. The molecule has 0 saturated carbocycles.